The summed E-state index contributed by atoms with van der Waals surface area (Å²) in [6, 6.07) is 7.47. The molecule has 27 heavy (non-hydrogen) atoms. The van der Waals surface area contributed by atoms with E-state index in [0.29, 0.717) is 17.2 Å². The number of carbonyl (C=O) groups is 2. The van der Waals surface area contributed by atoms with E-state index in [2.05, 4.69) is 20.5 Å². The van der Waals surface area contributed by atoms with Gasteiger partial charge in [0.2, 0.25) is 5.91 Å². The Morgan fingerprint density at radius 1 is 1.26 bits per heavy atom. The smallest absolute Gasteiger partial charge is 0.356 e. The van der Waals surface area contributed by atoms with E-state index in [-0.39, 0.29) is 18.0 Å². The molecule has 0 bridgehead atoms. The number of aromatic nitrogens is 4. The molecule has 0 radical (unpaired) electrons. The van der Waals surface area contributed by atoms with Crippen LogP contribution in [0, 0.1) is 0 Å². The van der Waals surface area contributed by atoms with E-state index >= 15 is 0 Å². The number of methoxy groups -OCH3 is 2. The number of anilines is 1. The van der Waals surface area contributed by atoms with Crippen LogP contribution in [-0.2, 0) is 9.53 Å². The summed E-state index contributed by atoms with van der Waals surface area (Å²) < 4.78 is 11.9. The Balaban J connectivity index is 1.81. The van der Waals surface area contributed by atoms with Crippen LogP contribution in [0.3, 0.4) is 0 Å². The third kappa shape index (κ3) is 2.82. The van der Waals surface area contributed by atoms with E-state index in [9.17, 15) is 9.59 Å². The van der Waals surface area contributed by atoms with Crippen molar-refractivity contribution in [2.24, 2.45) is 0 Å². The molecule has 0 fully saturated rings. The zero-order chi connectivity index (χ0) is 19.0. The topological polar surface area (TPSA) is 111 Å². The summed E-state index contributed by atoms with van der Waals surface area (Å²) in [5.74, 6) is 0.497. The highest BCUT2D eigenvalue weighted by Crippen LogP contribution is 2.38. The summed E-state index contributed by atoms with van der Waals surface area (Å²) in [6.45, 7) is 0. The van der Waals surface area contributed by atoms with Gasteiger partial charge in [-0.25, -0.2) is 9.78 Å². The molecule has 1 atom stereocenters. The van der Waals surface area contributed by atoms with Gasteiger partial charge in [0, 0.05) is 30.1 Å². The first-order chi connectivity index (χ1) is 13.1. The minimum absolute atomic E-state index is 0.143. The molecule has 1 aliphatic rings. The van der Waals surface area contributed by atoms with Crippen molar-refractivity contribution in [3.63, 3.8) is 0 Å². The summed E-state index contributed by atoms with van der Waals surface area (Å²) in [5.41, 5.74) is 1.64. The van der Waals surface area contributed by atoms with Crippen molar-refractivity contribution in [3.05, 3.63) is 53.7 Å². The summed E-state index contributed by atoms with van der Waals surface area (Å²) in [6.07, 6.45) is 3.61. The maximum absolute atomic E-state index is 12.2. The summed E-state index contributed by atoms with van der Waals surface area (Å²) in [4.78, 5) is 28.8. The molecule has 3 aromatic rings. The fraction of sp³-hybridized carbons (Fsp3) is 0.222. The first-order valence-electron chi connectivity index (χ1n) is 8.26. The number of fused-ring (bicyclic) bond motifs is 1. The van der Waals surface area contributed by atoms with Gasteiger partial charge in [-0.15, -0.1) is 0 Å². The van der Waals surface area contributed by atoms with Crippen LogP contribution in [0.1, 0.15) is 34.2 Å². The Hall–Kier alpha value is -3.62. The van der Waals surface area contributed by atoms with Crippen LogP contribution in [0.2, 0.25) is 0 Å². The summed E-state index contributed by atoms with van der Waals surface area (Å²) >= 11 is 0. The highest BCUT2D eigenvalue weighted by molar-refractivity contribution is 5.98. The highest BCUT2D eigenvalue weighted by Gasteiger charge is 2.36. The van der Waals surface area contributed by atoms with E-state index in [1.54, 1.807) is 19.5 Å². The van der Waals surface area contributed by atoms with Gasteiger partial charge in [-0.3, -0.25) is 9.89 Å². The van der Waals surface area contributed by atoms with Gasteiger partial charge in [0.05, 0.1) is 20.1 Å². The molecule has 1 amide bonds. The number of hydrogen-bond donors (Lipinski definition) is 2. The minimum Gasteiger partial charge on any atom is -0.497 e. The van der Waals surface area contributed by atoms with Gasteiger partial charge in [-0.05, 0) is 24.3 Å². The Morgan fingerprint density at radius 2 is 2.04 bits per heavy atom. The second kappa shape index (κ2) is 6.60. The molecular formula is C18H17N5O4. The number of H-pyrrole nitrogens is 1. The van der Waals surface area contributed by atoms with E-state index in [1.165, 1.54) is 7.11 Å². The average Bonchev–Trinajstić information content (AvgIpc) is 3.34. The number of esters is 1. The molecule has 3 heterocycles. The maximum atomic E-state index is 12.2. The number of nitrogens with zero attached hydrogens (tertiary/aromatic N) is 3. The lowest BCUT2D eigenvalue weighted by Crippen LogP contribution is -2.26. The Kier molecular flexibility index (Phi) is 4.11. The van der Waals surface area contributed by atoms with Crippen LogP contribution < -0.4 is 10.1 Å². The molecule has 1 aromatic carbocycles. The number of amides is 1. The first kappa shape index (κ1) is 16.8. The molecule has 2 aromatic heterocycles. The third-order valence-corrected chi connectivity index (χ3v) is 4.52. The van der Waals surface area contributed by atoms with Gasteiger partial charge in [-0.1, -0.05) is 0 Å². The van der Waals surface area contributed by atoms with E-state index < -0.39 is 11.9 Å². The van der Waals surface area contributed by atoms with Crippen LogP contribution in [-0.4, -0.2) is 45.8 Å². The minimum atomic E-state index is -0.549. The van der Waals surface area contributed by atoms with E-state index in [4.69, 9.17) is 9.47 Å². The molecule has 0 saturated heterocycles. The monoisotopic (exact) mass is 367 g/mol. The Labute approximate surface area is 154 Å². The summed E-state index contributed by atoms with van der Waals surface area (Å²) in [7, 11) is 2.90. The maximum Gasteiger partial charge on any atom is 0.356 e. The number of imidazole rings is 1. The predicted octanol–water partition coefficient (Wildman–Crippen LogP) is 1.86. The number of hydrogen-bond acceptors (Lipinski definition) is 6. The Bertz CT molecular complexity index is 1010. The second-order valence-electron chi connectivity index (χ2n) is 6.01. The molecule has 1 aliphatic heterocycles. The van der Waals surface area contributed by atoms with Gasteiger partial charge in [-0.2, -0.15) is 5.10 Å². The second-order valence-corrected chi connectivity index (χ2v) is 6.01. The zero-order valence-electron chi connectivity index (χ0n) is 14.7. The Morgan fingerprint density at radius 3 is 2.74 bits per heavy atom. The van der Waals surface area contributed by atoms with E-state index in [1.807, 2.05) is 28.8 Å². The molecule has 0 spiro atoms. The fourth-order valence-corrected chi connectivity index (χ4v) is 3.27. The number of aromatic amines is 1. The number of ether oxygens (including phenoxy) is 2. The molecule has 9 nitrogen and oxygen atoms in total. The van der Waals surface area contributed by atoms with Crippen LogP contribution in [0.5, 0.6) is 5.75 Å². The van der Waals surface area contributed by atoms with Crippen molar-refractivity contribution in [2.75, 3.05) is 19.5 Å². The number of nitrogens with one attached hydrogen (secondary N) is 2. The van der Waals surface area contributed by atoms with Crippen molar-refractivity contribution < 1.29 is 19.1 Å². The number of carbonyl (C=O) groups excluding carboxylic acids is 2. The van der Waals surface area contributed by atoms with Crippen LogP contribution >= 0.6 is 0 Å². The lowest BCUT2D eigenvalue weighted by Gasteiger charge is -2.23. The van der Waals surface area contributed by atoms with Crippen LogP contribution in [0.15, 0.2) is 36.7 Å². The number of rotatable bonds is 4. The molecule has 1 unspecified atom stereocenters. The first-order valence-corrected chi connectivity index (χ1v) is 8.26. The van der Waals surface area contributed by atoms with Crippen LogP contribution in [0.4, 0.5) is 5.82 Å². The molecule has 0 saturated carbocycles. The van der Waals surface area contributed by atoms with Crippen LogP contribution in [0.25, 0.3) is 5.69 Å². The lowest BCUT2D eigenvalue weighted by molar-refractivity contribution is -0.116. The zero-order valence-corrected chi connectivity index (χ0v) is 14.7. The van der Waals surface area contributed by atoms with Crippen molar-refractivity contribution in [1.82, 2.24) is 19.7 Å². The standard InChI is InChI=1S/C18H17N5O4/c1-26-11-5-3-10(4-6-11)23-8-7-19-17(23)12-9-13(24)20-16-14(12)15(21-22-16)18(25)27-2/h3-8,12H,9H2,1-2H3,(H2,20,21,22,24). The summed E-state index contributed by atoms with van der Waals surface area (Å²) in [5, 5.41) is 9.39. The van der Waals surface area contributed by atoms with Crippen molar-refractivity contribution in [2.45, 2.75) is 12.3 Å². The largest absolute Gasteiger partial charge is 0.497 e. The molecule has 9 heteroatoms. The predicted molar refractivity (Wildman–Crippen MR) is 95.1 cm³/mol. The van der Waals surface area contributed by atoms with Gasteiger partial charge in [0.1, 0.15) is 17.3 Å². The highest BCUT2D eigenvalue weighted by atomic mass is 16.5. The molecule has 2 N–H and O–H groups in total. The molecular weight excluding hydrogens is 350 g/mol. The molecule has 4 rings (SSSR count). The lowest BCUT2D eigenvalue weighted by atomic mass is 9.91. The van der Waals surface area contributed by atoms with Gasteiger partial charge in [0.15, 0.2) is 5.82 Å². The van der Waals surface area contributed by atoms with Crippen molar-refractivity contribution >= 4 is 17.7 Å². The van der Waals surface area contributed by atoms with E-state index in [0.717, 1.165) is 11.4 Å². The van der Waals surface area contributed by atoms with Crippen molar-refractivity contribution in [1.29, 1.82) is 0 Å². The SMILES string of the molecule is COC(=O)c1[nH]nc2c1C(c1nccn1-c1ccc(OC)cc1)CC(=O)N2. The normalized spacial score (nSPS) is 15.8. The molecule has 0 aliphatic carbocycles. The molecule has 138 valence electrons. The van der Waals surface area contributed by atoms with Gasteiger partial charge >= 0.3 is 5.97 Å². The average molecular weight is 367 g/mol. The fourth-order valence-electron chi connectivity index (χ4n) is 3.27. The van der Waals surface area contributed by atoms with Crippen molar-refractivity contribution in [3.8, 4) is 11.4 Å². The van der Waals surface area contributed by atoms with Gasteiger partial charge in [0.25, 0.3) is 0 Å². The number of benzene rings is 1. The quantitative estimate of drug-likeness (QED) is 0.681. The van der Waals surface area contributed by atoms with Gasteiger partial charge < -0.3 is 19.4 Å². The third-order valence-electron chi connectivity index (χ3n) is 4.52.